The molecule has 3 amide bonds. The van der Waals surface area contributed by atoms with Crippen LogP contribution in [0, 0.1) is 0 Å². The Labute approximate surface area is 114 Å². The lowest BCUT2D eigenvalue weighted by Gasteiger charge is -2.12. The number of pyridine rings is 1. The van der Waals surface area contributed by atoms with Crippen LogP contribution in [0.4, 0.5) is 4.79 Å². The number of amides is 3. The van der Waals surface area contributed by atoms with Crippen molar-refractivity contribution < 1.29 is 9.59 Å². The summed E-state index contributed by atoms with van der Waals surface area (Å²) in [5.41, 5.74) is 4.44. The number of carbonyl (C=O) groups excluding carboxylic acids is 2. The first-order valence-electron chi connectivity index (χ1n) is 5.89. The molecule has 3 N–H and O–H groups in total. The van der Waals surface area contributed by atoms with Crippen LogP contribution < -0.4 is 16.4 Å². The number of nitrogens with zero attached hydrogens (tertiary/aromatic N) is 1. The van der Waals surface area contributed by atoms with Gasteiger partial charge in [0.15, 0.2) is 0 Å². The minimum atomic E-state index is -0.674. The molecule has 0 saturated carbocycles. The van der Waals surface area contributed by atoms with Crippen molar-refractivity contribution in [2.45, 2.75) is 0 Å². The van der Waals surface area contributed by atoms with Gasteiger partial charge in [-0.25, -0.2) is 10.2 Å². The van der Waals surface area contributed by atoms with Gasteiger partial charge in [-0.15, -0.1) is 0 Å². The Bertz CT molecular complexity index is 721. The zero-order chi connectivity index (χ0) is 14.7. The number of hydrogen-bond acceptors (Lipinski definition) is 3. The standard InChI is InChI=1S/C13H14N4O3/c1-17(2)13(20)16-15-12(19)9-7-8-5-3-4-6-10(8)14-11(9)18/h3-7H,1-2H3,(H,14,18)(H,15,19)(H,16,20). The fourth-order valence-electron chi connectivity index (χ4n) is 1.61. The third-order valence-corrected chi connectivity index (χ3v) is 2.69. The first-order chi connectivity index (χ1) is 9.49. The molecule has 0 radical (unpaired) electrons. The third-order valence-electron chi connectivity index (χ3n) is 2.69. The lowest BCUT2D eigenvalue weighted by atomic mass is 10.1. The van der Waals surface area contributed by atoms with Crippen LogP contribution in [0.5, 0.6) is 0 Å². The average molecular weight is 274 g/mol. The predicted octanol–water partition coefficient (Wildman–Crippen LogP) is 0.444. The maximum Gasteiger partial charge on any atom is 0.335 e. The third kappa shape index (κ3) is 2.77. The average Bonchev–Trinajstić information content (AvgIpc) is 2.43. The summed E-state index contributed by atoms with van der Waals surface area (Å²) in [5.74, 6) is -0.674. The highest BCUT2D eigenvalue weighted by atomic mass is 16.2. The summed E-state index contributed by atoms with van der Waals surface area (Å²) in [6.07, 6.45) is 0. The smallest absolute Gasteiger partial charge is 0.330 e. The monoisotopic (exact) mass is 274 g/mol. The zero-order valence-electron chi connectivity index (χ0n) is 11.1. The van der Waals surface area contributed by atoms with E-state index in [0.29, 0.717) is 5.52 Å². The number of nitrogens with one attached hydrogen (secondary N) is 3. The number of benzene rings is 1. The summed E-state index contributed by atoms with van der Waals surface area (Å²) >= 11 is 0. The van der Waals surface area contributed by atoms with Crippen LogP contribution in [0.15, 0.2) is 35.1 Å². The minimum Gasteiger partial charge on any atom is -0.330 e. The molecule has 0 aliphatic heterocycles. The van der Waals surface area contributed by atoms with Gasteiger partial charge in [0.1, 0.15) is 5.56 Å². The first kappa shape index (κ1) is 13.6. The Morgan fingerprint density at radius 3 is 2.55 bits per heavy atom. The van der Waals surface area contributed by atoms with E-state index >= 15 is 0 Å². The first-order valence-corrected chi connectivity index (χ1v) is 5.89. The molecule has 2 rings (SSSR count). The number of rotatable bonds is 1. The Kier molecular flexibility index (Phi) is 3.69. The second-order valence-electron chi connectivity index (χ2n) is 4.38. The van der Waals surface area contributed by atoms with Gasteiger partial charge in [-0.1, -0.05) is 18.2 Å². The fourth-order valence-corrected chi connectivity index (χ4v) is 1.61. The molecular formula is C13H14N4O3. The summed E-state index contributed by atoms with van der Waals surface area (Å²) in [5, 5.41) is 0.733. The Morgan fingerprint density at radius 2 is 1.85 bits per heavy atom. The van der Waals surface area contributed by atoms with Gasteiger partial charge in [-0.3, -0.25) is 15.0 Å². The summed E-state index contributed by atoms with van der Waals surface area (Å²) < 4.78 is 0. The largest absolute Gasteiger partial charge is 0.335 e. The van der Waals surface area contributed by atoms with Gasteiger partial charge in [0.25, 0.3) is 11.5 Å². The van der Waals surface area contributed by atoms with Crippen molar-refractivity contribution in [2.24, 2.45) is 0 Å². The van der Waals surface area contributed by atoms with Gasteiger partial charge in [-0.2, -0.15) is 0 Å². The highest BCUT2D eigenvalue weighted by molar-refractivity contribution is 5.97. The van der Waals surface area contributed by atoms with Gasteiger partial charge in [0.2, 0.25) is 0 Å². The molecule has 0 fully saturated rings. The van der Waals surface area contributed by atoms with Crippen molar-refractivity contribution >= 4 is 22.8 Å². The number of H-pyrrole nitrogens is 1. The Hall–Kier alpha value is -2.83. The van der Waals surface area contributed by atoms with Crippen molar-refractivity contribution in [3.8, 4) is 0 Å². The summed E-state index contributed by atoms with van der Waals surface area (Å²) in [4.78, 5) is 38.8. The maximum atomic E-state index is 11.9. The van der Waals surface area contributed by atoms with E-state index < -0.39 is 17.5 Å². The van der Waals surface area contributed by atoms with Crippen molar-refractivity contribution in [1.29, 1.82) is 0 Å². The zero-order valence-corrected chi connectivity index (χ0v) is 11.1. The quantitative estimate of drug-likeness (QED) is 0.659. The highest BCUT2D eigenvalue weighted by Crippen LogP contribution is 2.09. The number of hydrogen-bond donors (Lipinski definition) is 3. The van der Waals surface area contributed by atoms with Gasteiger partial charge in [-0.05, 0) is 17.5 Å². The molecule has 1 aromatic carbocycles. The summed E-state index contributed by atoms with van der Waals surface area (Å²) in [7, 11) is 3.06. The van der Waals surface area contributed by atoms with Crippen LogP contribution in [0.2, 0.25) is 0 Å². The van der Waals surface area contributed by atoms with Crippen LogP contribution in [-0.4, -0.2) is 35.9 Å². The highest BCUT2D eigenvalue weighted by Gasteiger charge is 2.13. The molecule has 0 spiro atoms. The van der Waals surface area contributed by atoms with E-state index in [2.05, 4.69) is 15.8 Å². The maximum absolute atomic E-state index is 11.9. The number of aromatic nitrogens is 1. The molecular weight excluding hydrogens is 260 g/mol. The van der Waals surface area contributed by atoms with Crippen LogP contribution >= 0.6 is 0 Å². The molecule has 0 atom stereocenters. The number of aromatic amines is 1. The minimum absolute atomic E-state index is 0.0669. The van der Waals surface area contributed by atoms with Gasteiger partial charge in [0.05, 0.1) is 0 Å². The van der Waals surface area contributed by atoms with E-state index in [-0.39, 0.29) is 5.56 Å². The molecule has 2 aromatic rings. The van der Waals surface area contributed by atoms with E-state index in [4.69, 9.17) is 0 Å². The van der Waals surface area contributed by atoms with Gasteiger partial charge >= 0.3 is 6.03 Å². The van der Waals surface area contributed by atoms with Crippen molar-refractivity contribution in [2.75, 3.05) is 14.1 Å². The van der Waals surface area contributed by atoms with Crippen molar-refractivity contribution in [3.63, 3.8) is 0 Å². The molecule has 0 unspecified atom stereocenters. The second-order valence-corrected chi connectivity index (χ2v) is 4.38. The van der Waals surface area contributed by atoms with Crippen LogP contribution in [0.1, 0.15) is 10.4 Å². The van der Waals surface area contributed by atoms with E-state index in [0.717, 1.165) is 5.39 Å². The molecule has 7 heteroatoms. The van der Waals surface area contributed by atoms with Crippen LogP contribution in [0.3, 0.4) is 0 Å². The van der Waals surface area contributed by atoms with Crippen LogP contribution in [0.25, 0.3) is 10.9 Å². The molecule has 7 nitrogen and oxygen atoms in total. The van der Waals surface area contributed by atoms with E-state index in [1.165, 1.54) is 25.1 Å². The molecule has 1 aromatic heterocycles. The molecule has 0 saturated heterocycles. The molecule has 0 bridgehead atoms. The van der Waals surface area contributed by atoms with Gasteiger partial charge < -0.3 is 9.88 Å². The lowest BCUT2D eigenvalue weighted by Crippen LogP contribution is -2.47. The predicted molar refractivity (Wildman–Crippen MR) is 74.3 cm³/mol. The Morgan fingerprint density at radius 1 is 1.15 bits per heavy atom. The molecule has 1 heterocycles. The van der Waals surface area contributed by atoms with E-state index in [1.807, 2.05) is 0 Å². The van der Waals surface area contributed by atoms with Crippen molar-refractivity contribution in [1.82, 2.24) is 20.7 Å². The van der Waals surface area contributed by atoms with Gasteiger partial charge in [0, 0.05) is 19.6 Å². The number of hydrazine groups is 1. The SMILES string of the molecule is CN(C)C(=O)NNC(=O)c1cc2ccccc2[nH]c1=O. The normalized spacial score (nSPS) is 10.1. The molecule has 0 aliphatic carbocycles. The van der Waals surface area contributed by atoms with Crippen molar-refractivity contribution in [3.05, 3.63) is 46.2 Å². The molecule has 20 heavy (non-hydrogen) atoms. The number of carbonyl (C=O) groups is 2. The van der Waals surface area contributed by atoms with E-state index in [1.54, 1.807) is 24.3 Å². The van der Waals surface area contributed by atoms with Crippen LogP contribution in [-0.2, 0) is 0 Å². The molecule has 0 aliphatic rings. The summed E-state index contributed by atoms with van der Waals surface area (Å²) in [6.45, 7) is 0. The topological polar surface area (TPSA) is 94.3 Å². The molecule has 104 valence electrons. The number of fused-ring (bicyclic) bond motifs is 1. The number of urea groups is 1. The van der Waals surface area contributed by atoms with E-state index in [9.17, 15) is 14.4 Å². The Balaban J connectivity index is 2.24. The lowest BCUT2D eigenvalue weighted by molar-refractivity contribution is 0.0931. The second kappa shape index (κ2) is 5.43. The fraction of sp³-hybridized carbons (Fsp3) is 0.154. The summed E-state index contributed by atoms with van der Waals surface area (Å²) in [6, 6.07) is 8.10. The number of para-hydroxylation sites is 1.